The van der Waals surface area contributed by atoms with Crippen molar-refractivity contribution in [2.24, 2.45) is 5.73 Å². The summed E-state index contributed by atoms with van der Waals surface area (Å²) in [6.45, 7) is 6.23. The van der Waals surface area contributed by atoms with Crippen molar-refractivity contribution in [1.29, 1.82) is 0 Å². The molecule has 0 bridgehead atoms. The summed E-state index contributed by atoms with van der Waals surface area (Å²) in [5.74, 6) is -0.0900. The molecule has 0 aliphatic carbocycles. The number of nitrogens with one attached hydrogen (secondary N) is 1. The molecule has 0 aliphatic heterocycles. The van der Waals surface area contributed by atoms with E-state index < -0.39 is 6.04 Å². The van der Waals surface area contributed by atoms with Gasteiger partial charge in [-0.05, 0) is 25.8 Å². The van der Waals surface area contributed by atoms with Gasteiger partial charge in [0.05, 0.1) is 0 Å². The SMILES string of the molecule is CCCCCC(C)NC(=O)C(N)c1ccc(C)cc1. The average Bonchev–Trinajstić information content (AvgIpc) is 2.39. The number of carbonyl (C=O) groups excluding carboxylic acids is 1. The highest BCUT2D eigenvalue weighted by Crippen LogP contribution is 2.12. The molecule has 0 aromatic heterocycles. The first-order valence-electron chi connectivity index (χ1n) is 7.17. The maximum absolute atomic E-state index is 12.0. The molecule has 106 valence electrons. The van der Waals surface area contributed by atoms with Gasteiger partial charge >= 0.3 is 0 Å². The van der Waals surface area contributed by atoms with Crippen molar-refractivity contribution >= 4 is 5.91 Å². The highest BCUT2D eigenvalue weighted by atomic mass is 16.2. The quantitative estimate of drug-likeness (QED) is 0.742. The summed E-state index contributed by atoms with van der Waals surface area (Å²) < 4.78 is 0. The molecule has 1 aromatic carbocycles. The molecule has 2 unspecified atom stereocenters. The normalized spacial score (nSPS) is 13.9. The van der Waals surface area contributed by atoms with Gasteiger partial charge in [0.2, 0.25) is 5.91 Å². The van der Waals surface area contributed by atoms with Crippen LogP contribution >= 0.6 is 0 Å². The Labute approximate surface area is 116 Å². The first-order chi connectivity index (χ1) is 9.04. The molecule has 0 saturated carbocycles. The van der Waals surface area contributed by atoms with Crippen LogP contribution in [0.2, 0.25) is 0 Å². The first-order valence-corrected chi connectivity index (χ1v) is 7.17. The highest BCUT2D eigenvalue weighted by Gasteiger charge is 2.17. The lowest BCUT2D eigenvalue weighted by atomic mass is 10.0. The third-order valence-electron chi connectivity index (χ3n) is 3.35. The van der Waals surface area contributed by atoms with Gasteiger partial charge in [-0.1, -0.05) is 56.0 Å². The first kappa shape index (κ1) is 15.7. The van der Waals surface area contributed by atoms with Crippen molar-refractivity contribution in [1.82, 2.24) is 5.32 Å². The van der Waals surface area contributed by atoms with Gasteiger partial charge in [0.25, 0.3) is 0 Å². The number of amides is 1. The van der Waals surface area contributed by atoms with Crippen LogP contribution in [0.25, 0.3) is 0 Å². The summed E-state index contributed by atoms with van der Waals surface area (Å²) in [6.07, 6.45) is 4.58. The Bertz CT molecular complexity index is 386. The summed E-state index contributed by atoms with van der Waals surface area (Å²) in [4.78, 5) is 12.0. The molecule has 0 aliphatic rings. The summed E-state index contributed by atoms with van der Waals surface area (Å²) >= 11 is 0. The average molecular weight is 262 g/mol. The van der Waals surface area contributed by atoms with Gasteiger partial charge in [-0.2, -0.15) is 0 Å². The van der Waals surface area contributed by atoms with Crippen LogP contribution in [0.1, 0.15) is 56.7 Å². The van der Waals surface area contributed by atoms with E-state index >= 15 is 0 Å². The number of benzene rings is 1. The zero-order chi connectivity index (χ0) is 14.3. The Morgan fingerprint density at radius 2 is 1.89 bits per heavy atom. The molecule has 3 nitrogen and oxygen atoms in total. The van der Waals surface area contributed by atoms with Gasteiger partial charge in [0, 0.05) is 6.04 Å². The lowest BCUT2D eigenvalue weighted by Crippen LogP contribution is -2.39. The molecular formula is C16H26N2O. The van der Waals surface area contributed by atoms with E-state index in [0.717, 1.165) is 18.4 Å². The highest BCUT2D eigenvalue weighted by molar-refractivity contribution is 5.83. The minimum absolute atomic E-state index is 0.0900. The van der Waals surface area contributed by atoms with Crippen LogP contribution in [0.4, 0.5) is 0 Å². The Kier molecular flexibility index (Phi) is 6.57. The number of aryl methyl sites for hydroxylation is 1. The van der Waals surface area contributed by atoms with E-state index in [2.05, 4.69) is 12.2 Å². The van der Waals surface area contributed by atoms with Crippen LogP contribution in [0.3, 0.4) is 0 Å². The standard InChI is InChI=1S/C16H26N2O/c1-4-5-6-7-13(3)18-16(19)15(17)14-10-8-12(2)9-11-14/h8-11,13,15H,4-7,17H2,1-3H3,(H,18,19). The third kappa shape index (κ3) is 5.43. The van der Waals surface area contributed by atoms with Crippen molar-refractivity contribution in [3.8, 4) is 0 Å². The van der Waals surface area contributed by atoms with Gasteiger partial charge in [0.15, 0.2) is 0 Å². The molecule has 0 radical (unpaired) electrons. The van der Waals surface area contributed by atoms with Crippen LogP contribution in [0, 0.1) is 6.92 Å². The smallest absolute Gasteiger partial charge is 0.241 e. The minimum Gasteiger partial charge on any atom is -0.352 e. The van der Waals surface area contributed by atoms with Gasteiger partial charge < -0.3 is 11.1 Å². The molecule has 3 heteroatoms. The molecule has 0 spiro atoms. The summed E-state index contributed by atoms with van der Waals surface area (Å²) in [7, 11) is 0. The number of hydrogen-bond donors (Lipinski definition) is 2. The van der Waals surface area contributed by atoms with Crippen molar-refractivity contribution in [3.05, 3.63) is 35.4 Å². The molecule has 3 N–H and O–H groups in total. The maximum Gasteiger partial charge on any atom is 0.241 e. The zero-order valence-corrected chi connectivity index (χ0v) is 12.3. The molecular weight excluding hydrogens is 236 g/mol. The molecule has 1 amide bonds. The van der Waals surface area contributed by atoms with E-state index in [1.807, 2.05) is 38.1 Å². The molecule has 2 atom stereocenters. The van der Waals surface area contributed by atoms with Crippen molar-refractivity contribution in [2.45, 2.75) is 58.5 Å². The second-order valence-corrected chi connectivity index (χ2v) is 5.29. The van der Waals surface area contributed by atoms with Gasteiger partial charge in [-0.15, -0.1) is 0 Å². The monoisotopic (exact) mass is 262 g/mol. The lowest BCUT2D eigenvalue weighted by molar-refractivity contribution is -0.123. The number of carbonyl (C=O) groups is 1. The molecule has 1 rings (SSSR count). The molecule has 1 aromatic rings. The van der Waals surface area contributed by atoms with Crippen molar-refractivity contribution in [2.75, 3.05) is 0 Å². The topological polar surface area (TPSA) is 55.1 Å². The summed E-state index contributed by atoms with van der Waals surface area (Å²) in [5, 5.41) is 2.99. The fourth-order valence-electron chi connectivity index (χ4n) is 2.03. The molecule has 19 heavy (non-hydrogen) atoms. The summed E-state index contributed by atoms with van der Waals surface area (Å²) in [5.41, 5.74) is 8.02. The van der Waals surface area contributed by atoms with Gasteiger partial charge in [-0.3, -0.25) is 4.79 Å². The number of unbranched alkanes of at least 4 members (excludes halogenated alkanes) is 2. The van der Waals surface area contributed by atoms with Crippen LogP contribution in [0.15, 0.2) is 24.3 Å². The number of hydrogen-bond acceptors (Lipinski definition) is 2. The van der Waals surface area contributed by atoms with Crippen LogP contribution in [-0.4, -0.2) is 11.9 Å². The Morgan fingerprint density at radius 1 is 1.26 bits per heavy atom. The molecule has 0 heterocycles. The molecule has 0 saturated heterocycles. The Balaban J connectivity index is 2.46. The van der Waals surface area contributed by atoms with Crippen LogP contribution in [0.5, 0.6) is 0 Å². The minimum atomic E-state index is -0.575. The Morgan fingerprint density at radius 3 is 2.47 bits per heavy atom. The summed E-state index contributed by atoms with van der Waals surface area (Å²) in [6, 6.07) is 7.41. The number of rotatable bonds is 7. The molecule has 0 fully saturated rings. The fourth-order valence-corrected chi connectivity index (χ4v) is 2.03. The zero-order valence-electron chi connectivity index (χ0n) is 12.3. The Hall–Kier alpha value is -1.35. The van der Waals surface area contributed by atoms with Crippen molar-refractivity contribution < 1.29 is 4.79 Å². The lowest BCUT2D eigenvalue weighted by Gasteiger charge is -2.17. The van der Waals surface area contributed by atoms with E-state index in [0.29, 0.717) is 0 Å². The van der Waals surface area contributed by atoms with E-state index in [1.165, 1.54) is 18.4 Å². The number of nitrogens with two attached hydrogens (primary N) is 1. The second-order valence-electron chi connectivity index (χ2n) is 5.29. The van der Waals surface area contributed by atoms with Gasteiger partial charge in [0.1, 0.15) is 6.04 Å². The van der Waals surface area contributed by atoms with E-state index in [1.54, 1.807) is 0 Å². The van der Waals surface area contributed by atoms with E-state index in [-0.39, 0.29) is 11.9 Å². The van der Waals surface area contributed by atoms with Crippen LogP contribution < -0.4 is 11.1 Å². The second kappa shape index (κ2) is 7.95. The maximum atomic E-state index is 12.0. The fraction of sp³-hybridized carbons (Fsp3) is 0.562. The van der Waals surface area contributed by atoms with Crippen molar-refractivity contribution in [3.63, 3.8) is 0 Å². The van der Waals surface area contributed by atoms with Gasteiger partial charge in [-0.25, -0.2) is 0 Å². The third-order valence-corrected chi connectivity index (χ3v) is 3.35. The van der Waals surface area contributed by atoms with Crippen LogP contribution in [-0.2, 0) is 4.79 Å². The predicted molar refractivity (Wildman–Crippen MR) is 79.9 cm³/mol. The predicted octanol–water partition coefficient (Wildman–Crippen LogP) is 3.08. The largest absolute Gasteiger partial charge is 0.352 e. The van der Waals surface area contributed by atoms with E-state index in [4.69, 9.17) is 5.73 Å². The van der Waals surface area contributed by atoms with E-state index in [9.17, 15) is 4.79 Å².